The molecule has 5 aromatic carbocycles. The number of nitrogens with zero attached hydrogens (tertiary/aromatic N) is 1. The Bertz CT molecular complexity index is 2120. The first kappa shape index (κ1) is 30.7. The van der Waals surface area contributed by atoms with Crippen LogP contribution in [0.3, 0.4) is 0 Å². The van der Waals surface area contributed by atoms with Crippen molar-refractivity contribution in [2.75, 3.05) is 11.9 Å². The number of rotatable bonds is 9. The van der Waals surface area contributed by atoms with Gasteiger partial charge in [-0.2, -0.15) is 0 Å². The Balaban J connectivity index is 1.24. The number of hydrogen-bond acceptors (Lipinski definition) is 6. The number of esters is 2. The Kier molecular flexibility index (Phi) is 8.75. The molecule has 1 amide bonds. The molecule has 1 N–H and O–H groups in total. The first-order valence-corrected chi connectivity index (χ1v) is 15.1. The molecule has 0 unspecified atom stereocenters. The molecule has 0 saturated carbocycles. The van der Waals surface area contributed by atoms with Crippen LogP contribution in [0.5, 0.6) is 5.75 Å². The van der Waals surface area contributed by atoms with E-state index in [0.717, 1.165) is 11.2 Å². The van der Waals surface area contributed by atoms with Crippen LogP contribution in [0.25, 0.3) is 16.6 Å². The number of carbonyl (C=O) groups excluding carboxylic acids is 4. The van der Waals surface area contributed by atoms with Gasteiger partial charge in [0.2, 0.25) is 0 Å². The number of fused-ring (bicyclic) bond motifs is 1. The fourth-order valence-corrected chi connectivity index (χ4v) is 5.49. The highest BCUT2D eigenvalue weighted by molar-refractivity contribution is 6.11. The third-order valence-corrected chi connectivity index (χ3v) is 7.72. The van der Waals surface area contributed by atoms with E-state index in [4.69, 9.17) is 9.47 Å². The SMILES string of the molecule is CCOC(=O)c1c(C)n(-c2ccccc2)c2ccc(OC(=O)c3ccccc3NC(=O)c3ccc(C(=O)c4ccccc4)cc3)cc12. The standard InChI is InChI=1S/C39H30N2O6/c1-3-46-39(45)35-25(2)41(29-14-8-5-9-15-29)34-23-22-30(24-32(34)35)47-38(44)31-16-10-11-17-33(31)40-37(43)28-20-18-27(19-21-28)36(42)26-12-6-4-7-13-26/h4-24H,3H2,1-2H3,(H,40,43). The summed E-state index contributed by atoms with van der Waals surface area (Å²) in [7, 11) is 0. The summed E-state index contributed by atoms with van der Waals surface area (Å²) in [5.74, 6) is -1.55. The van der Waals surface area contributed by atoms with Crippen LogP contribution in [0.15, 0.2) is 127 Å². The van der Waals surface area contributed by atoms with Crippen molar-refractivity contribution in [3.8, 4) is 11.4 Å². The van der Waals surface area contributed by atoms with E-state index in [9.17, 15) is 19.2 Å². The molecular weight excluding hydrogens is 592 g/mol. The van der Waals surface area contributed by atoms with E-state index in [1.54, 1.807) is 97.9 Å². The lowest BCUT2D eigenvalue weighted by atomic mass is 10.0. The van der Waals surface area contributed by atoms with Crippen LogP contribution in [0.1, 0.15) is 59.6 Å². The number of nitrogens with one attached hydrogen (secondary N) is 1. The fraction of sp³-hybridized carbons (Fsp3) is 0.0769. The van der Waals surface area contributed by atoms with Crippen molar-refractivity contribution in [1.29, 1.82) is 0 Å². The highest BCUT2D eigenvalue weighted by Crippen LogP contribution is 2.33. The first-order valence-electron chi connectivity index (χ1n) is 15.1. The molecule has 0 radical (unpaired) electrons. The summed E-state index contributed by atoms with van der Waals surface area (Å²) in [6.07, 6.45) is 0. The highest BCUT2D eigenvalue weighted by Gasteiger charge is 2.23. The Morgan fingerprint density at radius 1 is 0.681 bits per heavy atom. The second kappa shape index (κ2) is 13.4. The number of carbonyl (C=O) groups is 4. The van der Waals surface area contributed by atoms with Gasteiger partial charge in [0.05, 0.1) is 28.9 Å². The molecule has 232 valence electrons. The predicted molar refractivity (Wildman–Crippen MR) is 180 cm³/mol. The molecule has 0 atom stereocenters. The van der Waals surface area contributed by atoms with Crippen molar-refractivity contribution in [3.63, 3.8) is 0 Å². The second-order valence-corrected chi connectivity index (χ2v) is 10.7. The van der Waals surface area contributed by atoms with E-state index in [0.29, 0.717) is 33.3 Å². The van der Waals surface area contributed by atoms with Gasteiger partial charge in [-0.1, -0.05) is 72.8 Å². The number of ether oxygens (including phenoxy) is 2. The van der Waals surface area contributed by atoms with Crippen molar-refractivity contribution in [1.82, 2.24) is 4.57 Å². The van der Waals surface area contributed by atoms with Crippen molar-refractivity contribution < 1.29 is 28.7 Å². The summed E-state index contributed by atoms with van der Waals surface area (Å²) in [6, 6.07) is 36.5. The second-order valence-electron chi connectivity index (χ2n) is 10.7. The molecule has 8 heteroatoms. The van der Waals surface area contributed by atoms with Crippen molar-refractivity contribution in [2.24, 2.45) is 0 Å². The van der Waals surface area contributed by atoms with E-state index < -0.39 is 17.8 Å². The lowest BCUT2D eigenvalue weighted by molar-refractivity contribution is 0.0527. The summed E-state index contributed by atoms with van der Waals surface area (Å²) in [4.78, 5) is 52.4. The lowest BCUT2D eigenvalue weighted by Crippen LogP contribution is -2.17. The van der Waals surface area contributed by atoms with Gasteiger partial charge in [-0.15, -0.1) is 0 Å². The Morgan fingerprint density at radius 3 is 2.00 bits per heavy atom. The maximum absolute atomic E-state index is 13.5. The highest BCUT2D eigenvalue weighted by atomic mass is 16.5. The molecule has 6 rings (SSSR count). The van der Waals surface area contributed by atoms with Gasteiger partial charge in [-0.05, 0) is 68.4 Å². The number of aromatic nitrogens is 1. The zero-order chi connectivity index (χ0) is 32.9. The number of ketones is 1. The van der Waals surface area contributed by atoms with Crippen LogP contribution in [0, 0.1) is 6.92 Å². The van der Waals surface area contributed by atoms with Gasteiger partial charge in [0.1, 0.15) is 5.75 Å². The summed E-state index contributed by atoms with van der Waals surface area (Å²) in [5, 5.41) is 3.36. The number of amides is 1. The van der Waals surface area contributed by atoms with Crippen LogP contribution in [-0.4, -0.2) is 34.8 Å². The molecule has 8 nitrogen and oxygen atoms in total. The van der Waals surface area contributed by atoms with Gasteiger partial charge in [-0.25, -0.2) is 9.59 Å². The summed E-state index contributed by atoms with van der Waals surface area (Å²) < 4.78 is 13.1. The van der Waals surface area contributed by atoms with E-state index >= 15 is 0 Å². The molecule has 47 heavy (non-hydrogen) atoms. The lowest BCUT2D eigenvalue weighted by Gasteiger charge is -2.12. The third kappa shape index (κ3) is 6.30. The maximum atomic E-state index is 13.5. The van der Waals surface area contributed by atoms with Crippen LogP contribution in [0.2, 0.25) is 0 Å². The normalized spacial score (nSPS) is 10.8. The van der Waals surface area contributed by atoms with Gasteiger partial charge >= 0.3 is 11.9 Å². The van der Waals surface area contributed by atoms with Gasteiger partial charge < -0.3 is 19.4 Å². The molecule has 1 heterocycles. The van der Waals surface area contributed by atoms with Gasteiger partial charge in [0, 0.05) is 33.5 Å². The average molecular weight is 623 g/mol. The number of para-hydroxylation sites is 2. The quantitative estimate of drug-likeness (QED) is 0.100. The predicted octanol–water partition coefficient (Wildman–Crippen LogP) is 7.82. The Hall–Kier alpha value is -6.28. The maximum Gasteiger partial charge on any atom is 0.345 e. The zero-order valence-electron chi connectivity index (χ0n) is 25.7. The van der Waals surface area contributed by atoms with E-state index in [2.05, 4.69) is 5.32 Å². The average Bonchev–Trinajstić information content (AvgIpc) is 3.39. The Morgan fingerprint density at radius 2 is 1.30 bits per heavy atom. The molecule has 1 aromatic heterocycles. The van der Waals surface area contributed by atoms with E-state index in [1.165, 1.54) is 0 Å². The minimum Gasteiger partial charge on any atom is -0.462 e. The molecule has 0 fully saturated rings. The zero-order valence-corrected chi connectivity index (χ0v) is 25.7. The number of benzene rings is 5. The van der Waals surface area contributed by atoms with Crippen molar-refractivity contribution in [3.05, 3.63) is 161 Å². The third-order valence-electron chi connectivity index (χ3n) is 7.72. The van der Waals surface area contributed by atoms with Crippen molar-refractivity contribution >= 4 is 40.2 Å². The van der Waals surface area contributed by atoms with Crippen LogP contribution in [-0.2, 0) is 4.74 Å². The molecule has 0 aliphatic rings. The van der Waals surface area contributed by atoms with E-state index in [-0.39, 0.29) is 29.4 Å². The smallest absolute Gasteiger partial charge is 0.345 e. The molecular formula is C39H30N2O6. The van der Waals surface area contributed by atoms with Gasteiger partial charge in [0.15, 0.2) is 5.78 Å². The number of anilines is 1. The molecule has 0 aliphatic heterocycles. The minimum atomic E-state index is -0.694. The minimum absolute atomic E-state index is 0.139. The summed E-state index contributed by atoms with van der Waals surface area (Å²) in [5.41, 5.74) is 4.41. The van der Waals surface area contributed by atoms with Gasteiger partial charge in [-0.3, -0.25) is 9.59 Å². The molecule has 0 aliphatic carbocycles. The van der Waals surface area contributed by atoms with E-state index in [1.807, 2.05) is 47.9 Å². The number of hydrogen-bond donors (Lipinski definition) is 1. The van der Waals surface area contributed by atoms with Crippen molar-refractivity contribution in [2.45, 2.75) is 13.8 Å². The summed E-state index contributed by atoms with van der Waals surface area (Å²) in [6.45, 7) is 3.80. The molecule has 0 bridgehead atoms. The Labute approximate surface area is 271 Å². The topological polar surface area (TPSA) is 104 Å². The van der Waals surface area contributed by atoms with Crippen LogP contribution >= 0.6 is 0 Å². The van der Waals surface area contributed by atoms with Gasteiger partial charge in [0.25, 0.3) is 5.91 Å². The molecule has 0 spiro atoms. The summed E-state index contributed by atoms with van der Waals surface area (Å²) >= 11 is 0. The molecule has 6 aromatic rings. The first-order chi connectivity index (χ1) is 22.9. The monoisotopic (exact) mass is 622 g/mol. The van der Waals surface area contributed by atoms with Crippen LogP contribution < -0.4 is 10.1 Å². The van der Waals surface area contributed by atoms with Crippen LogP contribution in [0.4, 0.5) is 5.69 Å². The fourth-order valence-electron chi connectivity index (χ4n) is 5.49. The molecule has 0 saturated heterocycles. The largest absolute Gasteiger partial charge is 0.462 e.